The summed E-state index contributed by atoms with van der Waals surface area (Å²) in [7, 11) is 0. The van der Waals surface area contributed by atoms with Gasteiger partial charge in [0.05, 0.1) is 0 Å². The average molecular weight is 499 g/mol. The lowest BCUT2D eigenvalue weighted by Crippen LogP contribution is -2.21. The van der Waals surface area contributed by atoms with Crippen LogP contribution in [0.1, 0.15) is 78.5 Å². The van der Waals surface area contributed by atoms with Crippen LogP contribution in [0.5, 0.6) is 0 Å². The molecule has 3 aromatic rings. The van der Waals surface area contributed by atoms with E-state index in [1.165, 1.54) is 5.56 Å². The number of aromatic amines is 1. The first kappa shape index (κ1) is 33.2. The molecule has 198 valence electrons. The summed E-state index contributed by atoms with van der Waals surface area (Å²) in [5.41, 5.74) is 3.21. The highest BCUT2D eigenvalue weighted by Gasteiger charge is 2.03. The second kappa shape index (κ2) is 21.5. The maximum Gasteiger partial charge on any atom is 0.198 e. The van der Waals surface area contributed by atoms with Crippen LogP contribution in [0.25, 0.3) is 23.6 Å². The molecule has 0 radical (unpaired) electrons. The number of nitrogens with zero attached hydrogens (tertiary/aromatic N) is 1. The molecule has 0 saturated carbocycles. The Labute approximate surface area is 225 Å². The van der Waals surface area contributed by atoms with Crippen LogP contribution < -0.4 is 10.6 Å². The Morgan fingerprint density at radius 1 is 1.05 bits per heavy atom. The van der Waals surface area contributed by atoms with E-state index in [0.29, 0.717) is 12.3 Å². The van der Waals surface area contributed by atoms with Gasteiger partial charge in [-0.1, -0.05) is 95.9 Å². The van der Waals surface area contributed by atoms with Crippen LogP contribution in [0.15, 0.2) is 77.5 Å². The van der Waals surface area contributed by atoms with Gasteiger partial charge in [-0.3, -0.25) is 0 Å². The molecule has 37 heavy (non-hydrogen) atoms. The Bertz CT molecular complexity index is 1270. The van der Waals surface area contributed by atoms with E-state index in [0.717, 1.165) is 46.4 Å². The number of rotatable bonds is 9. The van der Waals surface area contributed by atoms with Crippen LogP contribution in [0, 0.1) is 12.3 Å². The van der Waals surface area contributed by atoms with Crippen LogP contribution in [0.4, 0.5) is 0 Å². The van der Waals surface area contributed by atoms with Crippen LogP contribution in [0.2, 0.25) is 0 Å². The van der Waals surface area contributed by atoms with Crippen molar-refractivity contribution in [3.8, 4) is 12.3 Å². The second-order valence-corrected chi connectivity index (χ2v) is 7.46. The van der Waals surface area contributed by atoms with Crippen molar-refractivity contribution in [2.75, 3.05) is 0 Å². The van der Waals surface area contributed by atoms with Crippen LogP contribution in [-0.4, -0.2) is 9.97 Å². The van der Waals surface area contributed by atoms with Gasteiger partial charge in [-0.2, -0.15) is 0 Å². The molecule has 0 aliphatic rings. The second-order valence-electron chi connectivity index (χ2n) is 7.46. The van der Waals surface area contributed by atoms with E-state index in [-0.39, 0.29) is 0 Å². The third kappa shape index (κ3) is 12.7. The van der Waals surface area contributed by atoms with Gasteiger partial charge in [0, 0.05) is 27.9 Å². The van der Waals surface area contributed by atoms with Gasteiger partial charge in [0.15, 0.2) is 5.89 Å². The highest BCUT2D eigenvalue weighted by atomic mass is 16.3. The molecule has 0 aliphatic carbocycles. The molecular formula is C34H46N2O. The Morgan fingerprint density at radius 2 is 1.73 bits per heavy atom. The van der Waals surface area contributed by atoms with E-state index < -0.39 is 0 Å². The molecule has 3 heteroatoms. The fraction of sp³-hybridized carbons (Fsp3) is 0.324. The first-order valence-electron chi connectivity index (χ1n) is 13.3. The van der Waals surface area contributed by atoms with Crippen LogP contribution >= 0.6 is 0 Å². The van der Waals surface area contributed by atoms with Gasteiger partial charge in [-0.05, 0) is 56.9 Å². The van der Waals surface area contributed by atoms with Gasteiger partial charge in [0.2, 0.25) is 0 Å². The normalized spacial score (nSPS) is 11.4. The zero-order valence-electron chi connectivity index (χ0n) is 24.0. The number of nitrogens with one attached hydrogen (secondary N) is 1. The van der Waals surface area contributed by atoms with Crippen molar-refractivity contribution < 1.29 is 4.42 Å². The summed E-state index contributed by atoms with van der Waals surface area (Å²) in [6, 6.07) is 6.55. The highest BCUT2D eigenvalue weighted by Crippen LogP contribution is 2.12. The van der Waals surface area contributed by atoms with E-state index in [1.807, 2.05) is 65.0 Å². The van der Waals surface area contributed by atoms with Crippen molar-refractivity contribution in [3.05, 3.63) is 101 Å². The number of aryl methyl sites for hydroxylation is 1. The molecule has 0 atom stereocenters. The molecule has 1 N–H and O–H groups in total. The number of allylic oxidation sites excluding steroid dienone is 8. The summed E-state index contributed by atoms with van der Waals surface area (Å²) < 4.78 is 5.59. The van der Waals surface area contributed by atoms with E-state index in [1.54, 1.807) is 13.2 Å². The molecule has 0 fully saturated rings. The first-order valence-corrected chi connectivity index (χ1v) is 13.3. The Kier molecular flexibility index (Phi) is 19.3. The third-order valence-electron chi connectivity index (χ3n) is 4.82. The third-order valence-corrected chi connectivity index (χ3v) is 4.82. The van der Waals surface area contributed by atoms with Gasteiger partial charge in [-0.15, -0.1) is 12.3 Å². The predicted molar refractivity (Wildman–Crippen MR) is 165 cm³/mol. The van der Waals surface area contributed by atoms with Crippen molar-refractivity contribution in [1.29, 1.82) is 0 Å². The smallest absolute Gasteiger partial charge is 0.198 e. The minimum Gasteiger partial charge on any atom is -0.448 e. The monoisotopic (exact) mass is 498 g/mol. The summed E-state index contributed by atoms with van der Waals surface area (Å²) in [5.74, 6) is 2.96. The van der Waals surface area contributed by atoms with Gasteiger partial charge in [0.1, 0.15) is 12.0 Å². The number of H-pyrrole nitrogens is 1. The van der Waals surface area contributed by atoms with Gasteiger partial charge in [-0.25, -0.2) is 4.98 Å². The fourth-order valence-corrected chi connectivity index (χ4v) is 3.23. The number of benzene rings is 1. The molecule has 3 nitrogen and oxygen atoms in total. The molecule has 0 bridgehead atoms. The molecule has 0 aliphatic heterocycles. The first-order chi connectivity index (χ1) is 18.1. The summed E-state index contributed by atoms with van der Waals surface area (Å²) in [6.07, 6.45) is 28.7. The zero-order valence-corrected chi connectivity index (χ0v) is 24.0. The number of terminal acetylenes is 1. The topological polar surface area (TPSA) is 41.8 Å². The average Bonchev–Trinajstić information content (AvgIpc) is 3.50. The summed E-state index contributed by atoms with van der Waals surface area (Å²) >= 11 is 0. The fourth-order valence-electron chi connectivity index (χ4n) is 3.23. The lowest BCUT2D eigenvalue weighted by atomic mass is 10.1. The van der Waals surface area contributed by atoms with Gasteiger partial charge in [0.25, 0.3) is 0 Å². The van der Waals surface area contributed by atoms with Crippen molar-refractivity contribution in [2.24, 2.45) is 0 Å². The molecule has 2 aromatic heterocycles. The number of fused-ring (bicyclic) bond motifs is 1. The Balaban J connectivity index is 0.00000169. The van der Waals surface area contributed by atoms with Crippen LogP contribution in [0.3, 0.4) is 0 Å². The summed E-state index contributed by atoms with van der Waals surface area (Å²) in [5, 5.41) is 3.12. The lowest BCUT2D eigenvalue weighted by molar-refractivity contribution is 0.509. The molecule has 2 heterocycles. The predicted octanol–water partition coefficient (Wildman–Crippen LogP) is 8.22. The molecule has 0 saturated heterocycles. The molecule has 0 amide bonds. The molecular weight excluding hydrogens is 452 g/mol. The standard InChI is InChI=1S/C27H30N2O.C3H4.2C2H6/c1-4-6-8-10-12-14-22-16-17-25-24(18-22)21(3)26(29-25)19-23-20-30-27(28-23)15-13-11-9-7-5-2;1-3-2;2*1-2/h4,6-11,13,16-20,29H,3,5,12,14-15H2,1-2H3;1H,2H3;2*1-2H3/b6-4-,9-7-,10-8-,13-11-,26-19+;;;. The summed E-state index contributed by atoms with van der Waals surface area (Å²) in [4.78, 5) is 8.01. The van der Waals surface area contributed by atoms with E-state index in [9.17, 15) is 0 Å². The number of oxazole rings is 1. The molecule has 0 spiro atoms. The largest absolute Gasteiger partial charge is 0.448 e. The maximum atomic E-state index is 5.59. The van der Waals surface area contributed by atoms with E-state index in [2.05, 4.69) is 78.3 Å². The molecule has 0 unspecified atom stereocenters. The van der Waals surface area contributed by atoms with Crippen molar-refractivity contribution in [1.82, 2.24) is 9.97 Å². The van der Waals surface area contributed by atoms with E-state index in [4.69, 9.17) is 4.42 Å². The molecule has 3 rings (SSSR count). The number of hydrogen-bond acceptors (Lipinski definition) is 2. The highest BCUT2D eigenvalue weighted by molar-refractivity contribution is 5.81. The van der Waals surface area contributed by atoms with E-state index >= 15 is 0 Å². The van der Waals surface area contributed by atoms with Crippen molar-refractivity contribution >= 4 is 23.6 Å². The van der Waals surface area contributed by atoms with Crippen molar-refractivity contribution in [3.63, 3.8) is 0 Å². The van der Waals surface area contributed by atoms with Crippen molar-refractivity contribution in [2.45, 2.75) is 74.1 Å². The SMILES string of the molecule is C#CC.C=c1/c(=C\c2coc(C/C=C\C=C/CC)n2)[nH]c2ccc(CC/C=C\C=C/C)cc12.CC.CC. The minimum atomic E-state index is 0.678. The number of aromatic nitrogens is 2. The number of hydrogen-bond donors (Lipinski definition) is 1. The van der Waals surface area contributed by atoms with Gasteiger partial charge >= 0.3 is 0 Å². The lowest BCUT2D eigenvalue weighted by Gasteiger charge is -1.98. The quantitative estimate of drug-likeness (QED) is 0.238. The molecule has 1 aromatic carbocycles. The van der Waals surface area contributed by atoms with Crippen LogP contribution in [-0.2, 0) is 12.8 Å². The van der Waals surface area contributed by atoms with Gasteiger partial charge < -0.3 is 9.40 Å². The minimum absolute atomic E-state index is 0.678. The zero-order chi connectivity index (χ0) is 27.9. The Hall–Kier alpha value is -3.77. The summed E-state index contributed by atoms with van der Waals surface area (Å²) in [6.45, 7) is 18.1. The Morgan fingerprint density at radius 3 is 2.41 bits per heavy atom. The maximum absolute atomic E-state index is 5.59.